The number of carbonyl (C=O) groups is 2. The van der Waals surface area contributed by atoms with Gasteiger partial charge in [-0.1, -0.05) is 38.1 Å². The minimum atomic E-state index is -0.246. The molecular weight excluding hydrogens is 328 g/mol. The van der Waals surface area contributed by atoms with Crippen molar-refractivity contribution in [2.24, 2.45) is 0 Å². The zero-order valence-corrected chi connectivity index (χ0v) is 16.5. The number of rotatable bonds is 7. The molecule has 0 spiro atoms. The lowest BCUT2D eigenvalue weighted by Crippen LogP contribution is -2.12. The third-order valence-electron chi connectivity index (χ3n) is 3.96. The first-order valence-corrected chi connectivity index (χ1v) is 9.02. The fourth-order valence-corrected chi connectivity index (χ4v) is 2.73. The van der Waals surface area contributed by atoms with Gasteiger partial charge in [-0.3, -0.25) is 4.79 Å². The largest absolute Gasteiger partial charge is 0.461 e. The fraction of sp³-hybridized carbons (Fsp3) is 0.429. The van der Waals surface area contributed by atoms with Gasteiger partial charge < -0.3 is 14.6 Å². The summed E-state index contributed by atoms with van der Waals surface area (Å²) in [6.07, 6.45) is 4.60. The van der Waals surface area contributed by atoms with Crippen molar-refractivity contribution in [1.82, 2.24) is 9.88 Å². The van der Waals surface area contributed by atoms with Crippen LogP contribution in [0.2, 0.25) is 0 Å². The van der Waals surface area contributed by atoms with Crippen molar-refractivity contribution in [3.05, 3.63) is 58.4 Å². The molecule has 1 N–H and O–H groups in total. The summed E-state index contributed by atoms with van der Waals surface area (Å²) in [5, 5.41) is 0. The Hall–Kier alpha value is -2.40. The second kappa shape index (κ2) is 11.3. The predicted molar refractivity (Wildman–Crippen MR) is 105 cm³/mol. The summed E-state index contributed by atoms with van der Waals surface area (Å²) in [6.45, 7) is 7.17. The zero-order valence-electron chi connectivity index (χ0n) is 16.5. The van der Waals surface area contributed by atoms with Crippen LogP contribution < -0.4 is 0 Å². The summed E-state index contributed by atoms with van der Waals surface area (Å²) >= 11 is 0. The van der Waals surface area contributed by atoms with Crippen LogP contribution in [0.25, 0.3) is 0 Å². The summed E-state index contributed by atoms with van der Waals surface area (Å²) in [4.78, 5) is 27.1. The van der Waals surface area contributed by atoms with Gasteiger partial charge in [0.25, 0.3) is 0 Å². The summed E-state index contributed by atoms with van der Waals surface area (Å²) < 4.78 is 4.96. The number of ether oxygens (including phenoxy) is 1. The molecule has 0 atom stereocenters. The third-order valence-corrected chi connectivity index (χ3v) is 3.96. The van der Waals surface area contributed by atoms with E-state index < -0.39 is 0 Å². The maximum atomic E-state index is 11.5. The molecule has 0 saturated carbocycles. The van der Waals surface area contributed by atoms with Gasteiger partial charge in [0.2, 0.25) is 0 Å². The van der Waals surface area contributed by atoms with Gasteiger partial charge in [-0.05, 0) is 50.6 Å². The van der Waals surface area contributed by atoms with E-state index in [0.29, 0.717) is 12.3 Å². The molecule has 1 aromatic carbocycles. The minimum Gasteiger partial charge on any atom is -0.461 e. The van der Waals surface area contributed by atoms with Crippen molar-refractivity contribution in [3.63, 3.8) is 0 Å². The van der Waals surface area contributed by atoms with Gasteiger partial charge in [0.1, 0.15) is 12.0 Å². The van der Waals surface area contributed by atoms with Crippen molar-refractivity contribution in [2.45, 2.75) is 40.2 Å². The first-order valence-electron chi connectivity index (χ1n) is 9.02. The van der Waals surface area contributed by atoms with E-state index in [1.807, 2.05) is 63.3 Å². The highest BCUT2D eigenvalue weighted by Crippen LogP contribution is 2.16. The number of nitrogens with zero attached hydrogens (tertiary/aromatic N) is 1. The van der Waals surface area contributed by atoms with E-state index in [1.165, 1.54) is 5.56 Å². The number of hydrogen-bond acceptors (Lipinski definition) is 4. The molecule has 2 rings (SSSR count). The van der Waals surface area contributed by atoms with E-state index in [4.69, 9.17) is 4.74 Å². The van der Waals surface area contributed by atoms with E-state index >= 15 is 0 Å². The molecule has 0 fully saturated rings. The predicted octanol–water partition coefficient (Wildman–Crippen LogP) is 3.88. The summed E-state index contributed by atoms with van der Waals surface area (Å²) in [5.41, 5.74) is 4.77. The molecule has 0 radical (unpaired) electrons. The molecule has 1 aromatic heterocycles. The van der Waals surface area contributed by atoms with Gasteiger partial charge in [0.05, 0.1) is 6.61 Å². The van der Waals surface area contributed by atoms with Crippen molar-refractivity contribution in [2.75, 3.05) is 20.7 Å². The Morgan fingerprint density at radius 2 is 1.81 bits per heavy atom. The molecule has 1 heterocycles. The topological polar surface area (TPSA) is 62.4 Å². The summed E-state index contributed by atoms with van der Waals surface area (Å²) in [6, 6.07) is 7.64. The van der Waals surface area contributed by atoms with Crippen LogP contribution in [0.4, 0.5) is 0 Å². The van der Waals surface area contributed by atoms with E-state index in [9.17, 15) is 9.59 Å². The molecule has 5 heteroatoms. The first-order chi connectivity index (χ1) is 12.5. The van der Waals surface area contributed by atoms with Crippen LogP contribution in [-0.2, 0) is 24.1 Å². The number of H-pyrrole nitrogens is 1. The van der Waals surface area contributed by atoms with Crippen molar-refractivity contribution in [1.29, 1.82) is 0 Å². The number of hydrogen-bond donors (Lipinski definition) is 1. The van der Waals surface area contributed by atoms with Gasteiger partial charge in [-0.25, -0.2) is 4.79 Å². The lowest BCUT2D eigenvalue weighted by atomic mass is 10.1. The first kappa shape index (κ1) is 21.6. The van der Waals surface area contributed by atoms with E-state index in [1.54, 1.807) is 0 Å². The Balaban J connectivity index is 0.000000263. The Labute approximate surface area is 156 Å². The van der Waals surface area contributed by atoms with Crippen LogP contribution in [0.5, 0.6) is 0 Å². The van der Waals surface area contributed by atoms with E-state index in [-0.39, 0.29) is 5.97 Å². The number of aldehydes is 1. The molecule has 2 aromatic rings. The highest BCUT2D eigenvalue weighted by Gasteiger charge is 2.15. The van der Waals surface area contributed by atoms with Crippen LogP contribution in [0, 0.1) is 0 Å². The van der Waals surface area contributed by atoms with Gasteiger partial charge in [0.15, 0.2) is 0 Å². The van der Waals surface area contributed by atoms with Gasteiger partial charge in [0, 0.05) is 18.3 Å². The number of benzene rings is 1. The van der Waals surface area contributed by atoms with Crippen molar-refractivity contribution >= 4 is 12.3 Å². The Bertz CT molecular complexity index is 705. The van der Waals surface area contributed by atoms with Crippen molar-refractivity contribution in [3.8, 4) is 0 Å². The highest BCUT2D eigenvalue weighted by molar-refractivity contribution is 5.89. The van der Waals surface area contributed by atoms with E-state index in [2.05, 4.69) is 11.9 Å². The quantitative estimate of drug-likeness (QED) is 0.603. The Kier molecular flexibility index (Phi) is 9.37. The molecule has 26 heavy (non-hydrogen) atoms. The number of nitrogens with one attached hydrogen (secondary N) is 1. The second-order valence-corrected chi connectivity index (χ2v) is 6.15. The molecular formula is C21H30N2O3. The van der Waals surface area contributed by atoms with Crippen LogP contribution >= 0.6 is 0 Å². The van der Waals surface area contributed by atoms with Crippen LogP contribution in [0.3, 0.4) is 0 Å². The second-order valence-electron chi connectivity index (χ2n) is 6.15. The number of aromatic nitrogens is 1. The molecule has 0 amide bonds. The molecule has 0 aliphatic heterocycles. The number of carbonyl (C=O) groups excluding carboxylic acids is 2. The maximum absolute atomic E-state index is 11.5. The third kappa shape index (κ3) is 6.15. The minimum absolute atomic E-state index is 0.246. The van der Waals surface area contributed by atoms with Crippen molar-refractivity contribution < 1.29 is 14.3 Å². The van der Waals surface area contributed by atoms with E-state index in [0.717, 1.165) is 42.4 Å². The maximum Gasteiger partial charge on any atom is 0.355 e. The smallest absolute Gasteiger partial charge is 0.355 e. The molecule has 142 valence electrons. The lowest BCUT2D eigenvalue weighted by Gasteiger charge is -2.10. The van der Waals surface area contributed by atoms with Crippen LogP contribution in [-0.4, -0.2) is 42.8 Å². The Morgan fingerprint density at radius 3 is 2.35 bits per heavy atom. The normalized spacial score (nSPS) is 10.2. The Morgan fingerprint density at radius 1 is 1.12 bits per heavy atom. The summed E-state index contributed by atoms with van der Waals surface area (Å²) in [5.74, 6) is -0.246. The molecule has 0 saturated heterocycles. The highest BCUT2D eigenvalue weighted by atomic mass is 16.5. The standard InChI is InChI=1S/C11H17NO2.C10H13NO/c1-4-8-7-12-10(9(8)5-2)11(13)14-6-3;1-11(2)7-9-5-3-4-6-10(9)8-12/h7,12H,4-6H2,1-3H3;3-6,8H,7H2,1-2H3. The fourth-order valence-electron chi connectivity index (χ4n) is 2.73. The average Bonchev–Trinajstić information content (AvgIpc) is 3.05. The number of aryl methyl sites for hydroxylation is 1. The van der Waals surface area contributed by atoms with Gasteiger partial charge >= 0.3 is 5.97 Å². The molecule has 5 nitrogen and oxygen atoms in total. The molecule has 0 aliphatic carbocycles. The average molecular weight is 358 g/mol. The van der Waals surface area contributed by atoms with Gasteiger partial charge in [-0.2, -0.15) is 0 Å². The number of aromatic amines is 1. The summed E-state index contributed by atoms with van der Waals surface area (Å²) in [7, 11) is 3.98. The molecule has 0 unspecified atom stereocenters. The van der Waals surface area contributed by atoms with Crippen LogP contribution in [0.1, 0.15) is 58.3 Å². The number of esters is 1. The SMILES string of the molecule is CCOC(=O)c1[nH]cc(CC)c1CC.CN(C)Cc1ccccc1C=O. The molecule has 0 aliphatic rings. The molecule has 0 bridgehead atoms. The van der Waals surface area contributed by atoms with Gasteiger partial charge in [-0.15, -0.1) is 0 Å². The lowest BCUT2D eigenvalue weighted by molar-refractivity contribution is 0.0519. The van der Waals surface area contributed by atoms with Crippen LogP contribution in [0.15, 0.2) is 30.5 Å². The zero-order chi connectivity index (χ0) is 19.5. The monoisotopic (exact) mass is 358 g/mol.